The quantitative estimate of drug-likeness (QED) is 0.0700. The van der Waals surface area contributed by atoms with Crippen molar-refractivity contribution in [3.05, 3.63) is 0 Å². The Kier molecular flexibility index (Phi) is 25.7. The second kappa shape index (κ2) is 26.3. The van der Waals surface area contributed by atoms with Crippen LogP contribution in [0, 0.1) is 0 Å². The molecule has 11 heteroatoms. The van der Waals surface area contributed by atoms with Crippen molar-refractivity contribution in [3.8, 4) is 0 Å². The van der Waals surface area contributed by atoms with Crippen molar-refractivity contribution in [2.45, 2.75) is 109 Å². The summed E-state index contributed by atoms with van der Waals surface area (Å²) in [6.45, 7) is 3.30. The second-order valence-corrected chi connectivity index (χ2v) is 9.88. The van der Waals surface area contributed by atoms with E-state index >= 15 is 0 Å². The molecule has 228 valence electrons. The molecule has 0 aliphatic carbocycles. The molecule has 5 N–H and O–H groups in total. The minimum absolute atomic E-state index is 0.0141. The molecule has 0 amide bonds. The summed E-state index contributed by atoms with van der Waals surface area (Å²) in [6, 6.07) is 0. The van der Waals surface area contributed by atoms with Crippen LogP contribution in [0.2, 0.25) is 0 Å². The van der Waals surface area contributed by atoms with Crippen LogP contribution >= 0.6 is 0 Å². The van der Waals surface area contributed by atoms with E-state index in [1.54, 1.807) is 6.92 Å². The average molecular weight is 555 g/mol. The highest BCUT2D eigenvalue weighted by Crippen LogP contribution is 2.11. The molecule has 0 saturated heterocycles. The van der Waals surface area contributed by atoms with Crippen molar-refractivity contribution in [1.82, 2.24) is 0 Å². The maximum atomic E-state index is 11.8. The van der Waals surface area contributed by atoms with Crippen LogP contribution in [0.25, 0.3) is 0 Å². The molecule has 38 heavy (non-hydrogen) atoms. The van der Waals surface area contributed by atoms with Crippen molar-refractivity contribution < 1.29 is 54.0 Å². The smallest absolute Gasteiger partial charge is 0.305 e. The molecule has 0 heterocycles. The lowest BCUT2D eigenvalue weighted by molar-refractivity contribution is -0.148. The van der Waals surface area contributed by atoms with E-state index in [4.69, 9.17) is 28.8 Å². The summed E-state index contributed by atoms with van der Waals surface area (Å²) in [4.78, 5) is 11.8. The highest BCUT2D eigenvalue weighted by molar-refractivity contribution is 5.69. The fourth-order valence-corrected chi connectivity index (χ4v) is 3.43. The first kappa shape index (κ1) is 37.1. The molecular weight excluding hydrogens is 500 g/mol. The van der Waals surface area contributed by atoms with Crippen LogP contribution in [0.5, 0.6) is 0 Å². The minimum Gasteiger partial charge on any atom is -0.463 e. The van der Waals surface area contributed by atoms with Gasteiger partial charge < -0.3 is 49.2 Å². The standard InChI is InChI=1S/C27H54O11/c1-3-4-5-6-7-8-9-10-11-12-27(33)38-21-26(32)20-37-19-25(31)18-36-17-24(30)16-35-15-23(29)14-34-13-22(2)28/h22-26,28-32H,3-21H2,1-2H3. The van der Waals surface area contributed by atoms with Gasteiger partial charge in [-0.05, 0) is 13.3 Å². The van der Waals surface area contributed by atoms with Gasteiger partial charge in [0.1, 0.15) is 31.0 Å². The van der Waals surface area contributed by atoms with E-state index in [0.717, 1.165) is 19.3 Å². The molecule has 0 spiro atoms. The van der Waals surface area contributed by atoms with Gasteiger partial charge in [-0.25, -0.2) is 0 Å². The predicted molar refractivity (Wildman–Crippen MR) is 142 cm³/mol. The zero-order valence-corrected chi connectivity index (χ0v) is 23.5. The lowest BCUT2D eigenvalue weighted by Crippen LogP contribution is -2.30. The molecule has 0 saturated carbocycles. The minimum atomic E-state index is -0.984. The van der Waals surface area contributed by atoms with Crippen molar-refractivity contribution in [2.75, 3.05) is 59.5 Å². The molecule has 5 atom stereocenters. The molecule has 0 fully saturated rings. The molecule has 0 aromatic carbocycles. The normalized spacial score (nSPS) is 15.7. The number of ether oxygens (including phenoxy) is 5. The Morgan fingerprint density at radius 1 is 0.526 bits per heavy atom. The zero-order valence-electron chi connectivity index (χ0n) is 23.5. The topological polar surface area (TPSA) is 164 Å². The Morgan fingerprint density at radius 2 is 0.868 bits per heavy atom. The highest BCUT2D eigenvalue weighted by Gasteiger charge is 2.13. The van der Waals surface area contributed by atoms with E-state index < -0.39 is 30.5 Å². The number of unbranched alkanes of at least 4 members (excludes halogenated alkanes) is 8. The number of rotatable bonds is 28. The molecular formula is C27H54O11. The number of carbonyl (C=O) groups is 1. The number of aliphatic hydroxyl groups excluding tert-OH is 5. The molecule has 11 nitrogen and oxygen atoms in total. The summed E-state index contributed by atoms with van der Waals surface area (Å²) in [6.07, 6.45) is 6.49. The van der Waals surface area contributed by atoms with Crippen molar-refractivity contribution >= 4 is 5.97 Å². The largest absolute Gasteiger partial charge is 0.463 e. The predicted octanol–water partition coefficient (Wildman–Crippen LogP) is 1.34. The number of aliphatic hydroxyl groups is 5. The zero-order chi connectivity index (χ0) is 28.4. The van der Waals surface area contributed by atoms with Crippen LogP contribution in [-0.2, 0) is 28.5 Å². The van der Waals surface area contributed by atoms with E-state index in [9.17, 15) is 25.2 Å². The van der Waals surface area contributed by atoms with Crippen molar-refractivity contribution in [2.24, 2.45) is 0 Å². The first-order chi connectivity index (χ1) is 18.2. The van der Waals surface area contributed by atoms with Crippen LogP contribution in [0.3, 0.4) is 0 Å². The third kappa shape index (κ3) is 26.7. The summed E-state index contributed by atoms with van der Waals surface area (Å²) in [5.74, 6) is -0.331. The Hall–Kier alpha value is -0.890. The van der Waals surface area contributed by atoms with E-state index in [0.29, 0.717) is 6.42 Å². The van der Waals surface area contributed by atoms with E-state index in [1.807, 2.05) is 0 Å². The van der Waals surface area contributed by atoms with Gasteiger partial charge in [0.2, 0.25) is 0 Å². The highest BCUT2D eigenvalue weighted by atomic mass is 16.6. The lowest BCUT2D eigenvalue weighted by atomic mass is 10.1. The molecule has 0 aromatic rings. The summed E-state index contributed by atoms with van der Waals surface area (Å²) in [5, 5.41) is 48.3. The summed E-state index contributed by atoms with van der Waals surface area (Å²) in [5.41, 5.74) is 0. The van der Waals surface area contributed by atoms with Crippen molar-refractivity contribution in [1.29, 1.82) is 0 Å². The van der Waals surface area contributed by atoms with Gasteiger partial charge in [-0.2, -0.15) is 0 Å². The van der Waals surface area contributed by atoms with Crippen LogP contribution in [0.1, 0.15) is 78.1 Å². The van der Waals surface area contributed by atoms with Gasteiger partial charge in [0, 0.05) is 6.42 Å². The maximum Gasteiger partial charge on any atom is 0.305 e. The third-order valence-electron chi connectivity index (χ3n) is 5.45. The lowest BCUT2D eigenvalue weighted by Gasteiger charge is -2.17. The molecule has 0 aliphatic heterocycles. The fourth-order valence-electron chi connectivity index (χ4n) is 3.43. The summed E-state index contributed by atoms with van der Waals surface area (Å²) < 4.78 is 25.8. The first-order valence-electron chi connectivity index (χ1n) is 14.1. The average Bonchev–Trinajstić information content (AvgIpc) is 2.86. The number of esters is 1. The maximum absolute atomic E-state index is 11.8. The molecule has 0 aromatic heterocycles. The van der Waals surface area contributed by atoms with Gasteiger partial charge in [0.25, 0.3) is 0 Å². The van der Waals surface area contributed by atoms with Crippen LogP contribution in [0.15, 0.2) is 0 Å². The Balaban J connectivity index is 3.59. The van der Waals surface area contributed by atoms with Crippen molar-refractivity contribution in [3.63, 3.8) is 0 Å². The second-order valence-electron chi connectivity index (χ2n) is 9.88. The SMILES string of the molecule is CCCCCCCCCCCC(=O)OCC(O)COCC(O)COCC(O)COCC(O)COCC(C)O. The number of hydrogen-bond acceptors (Lipinski definition) is 11. The molecule has 0 rings (SSSR count). The van der Waals surface area contributed by atoms with Crippen LogP contribution < -0.4 is 0 Å². The van der Waals surface area contributed by atoms with Crippen LogP contribution in [0.4, 0.5) is 0 Å². The Labute approximate surface area is 228 Å². The Bertz CT molecular complexity index is 521. The molecule has 0 bridgehead atoms. The van der Waals surface area contributed by atoms with Gasteiger partial charge in [-0.15, -0.1) is 0 Å². The molecule has 5 unspecified atom stereocenters. The van der Waals surface area contributed by atoms with Gasteiger partial charge in [0.15, 0.2) is 0 Å². The van der Waals surface area contributed by atoms with Gasteiger partial charge >= 0.3 is 5.97 Å². The third-order valence-corrected chi connectivity index (χ3v) is 5.45. The summed E-state index contributed by atoms with van der Waals surface area (Å²) in [7, 11) is 0. The molecule has 0 radical (unpaired) electrons. The van der Waals surface area contributed by atoms with E-state index in [2.05, 4.69) is 6.92 Å². The van der Waals surface area contributed by atoms with E-state index in [-0.39, 0.29) is 65.4 Å². The molecule has 0 aliphatic rings. The van der Waals surface area contributed by atoms with Crippen LogP contribution in [-0.4, -0.2) is 121 Å². The van der Waals surface area contributed by atoms with E-state index in [1.165, 1.54) is 38.5 Å². The first-order valence-corrected chi connectivity index (χ1v) is 14.1. The monoisotopic (exact) mass is 554 g/mol. The Morgan fingerprint density at radius 3 is 1.26 bits per heavy atom. The summed E-state index contributed by atoms with van der Waals surface area (Å²) >= 11 is 0. The van der Waals surface area contributed by atoms with Gasteiger partial charge in [-0.3, -0.25) is 4.79 Å². The fraction of sp³-hybridized carbons (Fsp3) is 0.963. The number of hydrogen-bond donors (Lipinski definition) is 5. The van der Waals surface area contributed by atoms with Gasteiger partial charge in [-0.1, -0.05) is 58.3 Å². The number of carbonyl (C=O) groups excluding carboxylic acids is 1. The van der Waals surface area contributed by atoms with Gasteiger partial charge in [0.05, 0.1) is 59.0 Å².